The van der Waals surface area contributed by atoms with E-state index in [1.165, 1.54) is 12.8 Å². The molecule has 0 aliphatic carbocycles. The maximum atomic E-state index is 12.3. The third-order valence-corrected chi connectivity index (χ3v) is 4.74. The molecule has 0 saturated carbocycles. The highest BCUT2D eigenvalue weighted by Gasteiger charge is 2.32. The Hall–Kier alpha value is -0.870. The Morgan fingerprint density at radius 3 is 2.95 bits per heavy atom. The van der Waals surface area contributed by atoms with Crippen molar-refractivity contribution < 1.29 is 4.79 Å². The van der Waals surface area contributed by atoms with Crippen molar-refractivity contribution in [1.82, 2.24) is 10.6 Å². The molecule has 0 radical (unpaired) electrons. The lowest BCUT2D eigenvalue weighted by atomic mass is 9.77. The van der Waals surface area contributed by atoms with Gasteiger partial charge in [0, 0.05) is 22.6 Å². The largest absolute Gasteiger partial charge is 0.350 e. The summed E-state index contributed by atoms with van der Waals surface area (Å²) in [5.41, 5.74) is 1.98. The van der Waals surface area contributed by atoms with Crippen LogP contribution >= 0.6 is 15.9 Å². The lowest BCUT2D eigenvalue weighted by Gasteiger charge is -2.39. The monoisotopic (exact) mass is 338 g/mol. The summed E-state index contributed by atoms with van der Waals surface area (Å²) in [7, 11) is 0. The van der Waals surface area contributed by atoms with Crippen molar-refractivity contribution in [3.05, 3.63) is 33.8 Å². The Morgan fingerprint density at radius 2 is 2.25 bits per heavy atom. The van der Waals surface area contributed by atoms with Crippen LogP contribution in [0, 0.1) is 12.3 Å². The molecule has 1 saturated heterocycles. The van der Waals surface area contributed by atoms with Crippen LogP contribution in [0.25, 0.3) is 0 Å². The minimum Gasteiger partial charge on any atom is -0.350 e. The van der Waals surface area contributed by atoms with Crippen LogP contribution in [0.15, 0.2) is 22.7 Å². The zero-order valence-electron chi connectivity index (χ0n) is 12.4. The quantitative estimate of drug-likeness (QED) is 0.887. The van der Waals surface area contributed by atoms with Crippen LogP contribution in [0.4, 0.5) is 0 Å². The van der Waals surface area contributed by atoms with Crippen molar-refractivity contribution in [3.8, 4) is 0 Å². The number of benzene rings is 1. The van der Waals surface area contributed by atoms with Gasteiger partial charge in [-0.2, -0.15) is 0 Å². The average molecular weight is 339 g/mol. The van der Waals surface area contributed by atoms with E-state index in [0.29, 0.717) is 12.6 Å². The highest BCUT2D eigenvalue weighted by molar-refractivity contribution is 9.10. The molecule has 2 rings (SSSR count). The number of hydrogen-bond acceptors (Lipinski definition) is 2. The second-order valence-corrected chi connectivity index (χ2v) is 7.18. The topological polar surface area (TPSA) is 41.1 Å². The maximum Gasteiger partial charge on any atom is 0.251 e. The number of piperidine rings is 1. The maximum absolute atomic E-state index is 12.3. The van der Waals surface area contributed by atoms with Crippen LogP contribution in [0.5, 0.6) is 0 Å². The van der Waals surface area contributed by atoms with Gasteiger partial charge in [0.05, 0.1) is 0 Å². The summed E-state index contributed by atoms with van der Waals surface area (Å²) in [6, 6.07) is 6.14. The highest BCUT2D eigenvalue weighted by atomic mass is 79.9. The molecule has 2 N–H and O–H groups in total. The molecule has 1 aromatic rings. The third kappa shape index (κ3) is 3.61. The summed E-state index contributed by atoms with van der Waals surface area (Å²) in [5, 5.41) is 6.59. The minimum absolute atomic E-state index is 0.00646. The molecule has 1 unspecified atom stereocenters. The normalized spacial score (nSPS) is 21.5. The number of carbonyl (C=O) groups is 1. The number of rotatable bonds is 3. The van der Waals surface area contributed by atoms with Gasteiger partial charge in [-0.25, -0.2) is 0 Å². The van der Waals surface area contributed by atoms with Crippen molar-refractivity contribution in [1.29, 1.82) is 0 Å². The summed E-state index contributed by atoms with van der Waals surface area (Å²) in [6.45, 7) is 8.21. The molecule has 0 spiro atoms. The Kier molecular flexibility index (Phi) is 4.86. The molecule has 1 fully saturated rings. The van der Waals surface area contributed by atoms with E-state index in [2.05, 4.69) is 40.4 Å². The van der Waals surface area contributed by atoms with Gasteiger partial charge in [-0.05, 0) is 49.4 Å². The van der Waals surface area contributed by atoms with Crippen molar-refractivity contribution in [2.45, 2.75) is 39.7 Å². The highest BCUT2D eigenvalue weighted by Crippen LogP contribution is 2.29. The van der Waals surface area contributed by atoms with Gasteiger partial charge in [0.25, 0.3) is 5.91 Å². The van der Waals surface area contributed by atoms with Crippen molar-refractivity contribution in [3.63, 3.8) is 0 Å². The molecule has 3 nitrogen and oxygen atoms in total. The number of nitrogens with one attached hydrogen (secondary N) is 2. The molecule has 1 aliphatic rings. The molecule has 1 heterocycles. The van der Waals surface area contributed by atoms with Crippen molar-refractivity contribution in [2.75, 3.05) is 13.1 Å². The van der Waals surface area contributed by atoms with Crippen LogP contribution < -0.4 is 10.6 Å². The smallest absolute Gasteiger partial charge is 0.251 e. The van der Waals surface area contributed by atoms with Crippen LogP contribution in [0.3, 0.4) is 0 Å². The summed E-state index contributed by atoms with van der Waals surface area (Å²) >= 11 is 3.42. The molecular formula is C16H23BrN2O. The number of hydrogen-bond donors (Lipinski definition) is 2. The van der Waals surface area contributed by atoms with E-state index >= 15 is 0 Å². The van der Waals surface area contributed by atoms with Gasteiger partial charge in [-0.3, -0.25) is 4.79 Å². The molecule has 20 heavy (non-hydrogen) atoms. The van der Waals surface area contributed by atoms with Crippen molar-refractivity contribution >= 4 is 21.8 Å². The van der Waals surface area contributed by atoms with Crippen LogP contribution in [0.1, 0.15) is 42.6 Å². The molecule has 0 bridgehead atoms. The van der Waals surface area contributed by atoms with Crippen molar-refractivity contribution in [2.24, 2.45) is 5.41 Å². The summed E-state index contributed by atoms with van der Waals surface area (Å²) in [6.07, 6.45) is 2.42. The van der Waals surface area contributed by atoms with Gasteiger partial charge in [0.15, 0.2) is 0 Å². The van der Waals surface area contributed by atoms with Gasteiger partial charge < -0.3 is 10.6 Å². The first kappa shape index (κ1) is 15.5. The second kappa shape index (κ2) is 6.27. The first-order chi connectivity index (χ1) is 9.40. The molecule has 110 valence electrons. The molecule has 4 heteroatoms. The Balaban J connectivity index is 2.00. The zero-order valence-corrected chi connectivity index (χ0v) is 14.0. The fourth-order valence-electron chi connectivity index (χ4n) is 2.75. The average Bonchev–Trinajstić information content (AvgIpc) is 2.39. The zero-order chi connectivity index (χ0) is 14.8. The fraction of sp³-hybridized carbons (Fsp3) is 0.562. The van der Waals surface area contributed by atoms with Gasteiger partial charge in [-0.15, -0.1) is 0 Å². The van der Waals surface area contributed by atoms with E-state index in [1.54, 1.807) is 0 Å². The first-order valence-corrected chi connectivity index (χ1v) is 7.97. The first-order valence-electron chi connectivity index (χ1n) is 7.18. The van der Waals surface area contributed by atoms with E-state index in [9.17, 15) is 4.79 Å². The van der Waals surface area contributed by atoms with Gasteiger partial charge in [-0.1, -0.05) is 35.8 Å². The fourth-order valence-corrected chi connectivity index (χ4v) is 3.11. The molecular weight excluding hydrogens is 316 g/mol. The SMILES string of the molecule is Cc1ccc(Br)cc1C(=O)NCC1NCCCC1(C)C. The Morgan fingerprint density at radius 1 is 1.50 bits per heavy atom. The van der Waals surface area contributed by atoms with Crippen LogP contribution in [-0.2, 0) is 0 Å². The molecule has 0 aromatic heterocycles. The van der Waals surface area contributed by atoms with Gasteiger partial charge in [0.1, 0.15) is 0 Å². The summed E-state index contributed by atoms with van der Waals surface area (Å²) in [4.78, 5) is 12.3. The van der Waals surface area contributed by atoms with E-state index in [1.807, 2.05) is 25.1 Å². The van der Waals surface area contributed by atoms with E-state index in [4.69, 9.17) is 0 Å². The predicted molar refractivity (Wildman–Crippen MR) is 86.0 cm³/mol. The third-order valence-electron chi connectivity index (χ3n) is 4.24. The van der Waals surface area contributed by atoms with E-state index < -0.39 is 0 Å². The number of amides is 1. The standard InChI is InChI=1S/C16H23BrN2O/c1-11-5-6-12(17)9-13(11)15(20)19-10-14-16(2,3)7-4-8-18-14/h5-6,9,14,18H,4,7-8,10H2,1-3H3,(H,19,20). The molecule has 1 amide bonds. The predicted octanol–water partition coefficient (Wildman–Crippen LogP) is 3.27. The number of aryl methyl sites for hydroxylation is 1. The lowest BCUT2D eigenvalue weighted by molar-refractivity contribution is 0.0928. The summed E-state index contributed by atoms with van der Waals surface area (Å²) in [5.74, 6) is 0.00646. The molecule has 1 aromatic carbocycles. The number of halogens is 1. The van der Waals surface area contributed by atoms with E-state index in [0.717, 1.165) is 22.1 Å². The molecule has 1 atom stereocenters. The van der Waals surface area contributed by atoms with Crippen LogP contribution in [0.2, 0.25) is 0 Å². The Bertz CT molecular complexity index is 499. The Labute approximate surface area is 129 Å². The summed E-state index contributed by atoms with van der Waals surface area (Å²) < 4.78 is 0.935. The number of carbonyl (C=O) groups excluding carboxylic acids is 1. The lowest BCUT2D eigenvalue weighted by Crippen LogP contribution is -2.52. The molecule has 1 aliphatic heterocycles. The second-order valence-electron chi connectivity index (χ2n) is 6.27. The van der Waals surface area contributed by atoms with E-state index in [-0.39, 0.29) is 11.3 Å². The minimum atomic E-state index is 0.00646. The van der Waals surface area contributed by atoms with Gasteiger partial charge >= 0.3 is 0 Å². The van der Waals surface area contributed by atoms with Gasteiger partial charge in [0.2, 0.25) is 0 Å². The van der Waals surface area contributed by atoms with Crippen LogP contribution in [-0.4, -0.2) is 25.0 Å².